The van der Waals surface area contributed by atoms with Crippen molar-refractivity contribution in [3.05, 3.63) is 54.1 Å². The predicted molar refractivity (Wildman–Crippen MR) is 120 cm³/mol. The molecule has 1 atom stereocenters. The van der Waals surface area contributed by atoms with Gasteiger partial charge in [-0.15, -0.1) is 0 Å². The van der Waals surface area contributed by atoms with E-state index in [2.05, 4.69) is 10.0 Å². The first-order valence-corrected chi connectivity index (χ1v) is 12.1. The maximum Gasteiger partial charge on any atom is 0.339 e. The Morgan fingerprint density at radius 3 is 2.31 bits per heavy atom. The fourth-order valence-corrected chi connectivity index (χ4v) is 4.66. The lowest BCUT2D eigenvalue weighted by Crippen LogP contribution is -2.43. The molecule has 32 heavy (non-hydrogen) atoms. The third kappa shape index (κ3) is 6.00. The standard InChI is InChI=1S/C23H28N2O6S/c1-16(22(26)24-17-8-4-3-5-9-17)31-18-12-14-19(15-13-18)32(28,29)25-21-11-7-6-10-20(21)23(27)30-2/h6-7,10-17,25H,3-5,8-9H2,1-2H3,(H,24,26)/t16-/m1/s1. The van der Waals surface area contributed by atoms with E-state index in [1.165, 1.54) is 49.9 Å². The molecule has 2 aromatic rings. The molecule has 0 unspecified atom stereocenters. The van der Waals surface area contributed by atoms with Crippen LogP contribution >= 0.6 is 0 Å². The summed E-state index contributed by atoms with van der Waals surface area (Å²) in [5, 5.41) is 3.01. The molecule has 2 N–H and O–H groups in total. The van der Waals surface area contributed by atoms with Crippen LogP contribution in [-0.4, -0.2) is 39.5 Å². The Hall–Kier alpha value is -3.07. The van der Waals surface area contributed by atoms with Crippen LogP contribution in [0.25, 0.3) is 0 Å². The summed E-state index contributed by atoms with van der Waals surface area (Å²) in [6, 6.07) is 12.1. The molecule has 0 bridgehead atoms. The van der Waals surface area contributed by atoms with E-state index in [1.54, 1.807) is 19.1 Å². The molecule has 1 aliphatic carbocycles. The molecule has 0 spiro atoms. The smallest absolute Gasteiger partial charge is 0.339 e. The second-order valence-electron chi connectivity index (χ2n) is 7.72. The van der Waals surface area contributed by atoms with E-state index >= 15 is 0 Å². The van der Waals surface area contributed by atoms with Crippen LogP contribution in [0.4, 0.5) is 5.69 Å². The van der Waals surface area contributed by atoms with Crippen LogP contribution < -0.4 is 14.8 Å². The largest absolute Gasteiger partial charge is 0.481 e. The summed E-state index contributed by atoms with van der Waals surface area (Å²) < 4.78 is 38.3. The van der Waals surface area contributed by atoms with E-state index in [0.29, 0.717) is 5.75 Å². The van der Waals surface area contributed by atoms with Gasteiger partial charge in [-0.05, 0) is 56.2 Å². The Labute approximate surface area is 188 Å². The molecule has 1 fully saturated rings. The van der Waals surface area contributed by atoms with Gasteiger partial charge in [0.05, 0.1) is 23.3 Å². The average molecular weight is 461 g/mol. The number of hydrogen-bond donors (Lipinski definition) is 2. The number of benzene rings is 2. The molecule has 8 nitrogen and oxygen atoms in total. The number of nitrogens with one attached hydrogen (secondary N) is 2. The highest BCUT2D eigenvalue weighted by atomic mass is 32.2. The molecule has 0 aromatic heterocycles. The van der Waals surface area contributed by atoms with Crippen molar-refractivity contribution in [3.63, 3.8) is 0 Å². The molecule has 172 valence electrons. The van der Waals surface area contributed by atoms with Gasteiger partial charge in [0, 0.05) is 6.04 Å². The minimum atomic E-state index is -3.95. The number of rotatable bonds is 8. The first kappa shape index (κ1) is 23.6. The van der Waals surface area contributed by atoms with Gasteiger partial charge in [-0.25, -0.2) is 13.2 Å². The third-order valence-electron chi connectivity index (χ3n) is 5.34. The highest BCUT2D eigenvalue weighted by Crippen LogP contribution is 2.23. The number of para-hydroxylation sites is 1. The number of carbonyl (C=O) groups excluding carboxylic acids is 2. The summed E-state index contributed by atoms with van der Waals surface area (Å²) in [6.45, 7) is 1.66. The summed E-state index contributed by atoms with van der Waals surface area (Å²) in [7, 11) is -2.73. The lowest BCUT2D eigenvalue weighted by molar-refractivity contribution is -0.128. The zero-order chi connectivity index (χ0) is 23.1. The first-order chi connectivity index (χ1) is 15.3. The van der Waals surface area contributed by atoms with E-state index in [-0.39, 0.29) is 28.1 Å². The topological polar surface area (TPSA) is 111 Å². The number of anilines is 1. The van der Waals surface area contributed by atoms with Crippen molar-refractivity contribution in [1.82, 2.24) is 5.32 Å². The molecule has 0 heterocycles. The maximum atomic E-state index is 12.8. The summed E-state index contributed by atoms with van der Waals surface area (Å²) in [6.07, 6.45) is 4.71. The zero-order valence-corrected chi connectivity index (χ0v) is 19.0. The zero-order valence-electron chi connectivity index (χ0n) is 18.2. The summed E-state index contributed by atoms with van der Waals surface area (Å²) in [4.78, 5) is 24.2. The number of esters is 1. The summed E-state index contributed by atoms with van der Waals surface area (Å²) >= 11 is 0. The van der Waals surface area contributed by atoms with E-state index < -0.39 is 22.1 Å². The Bertz CT molecular complexity index is 1050. The van der Waals surface area contributed by atoms with Crippen LogP contribution in [0.15, 0.2) is 53.4 Å². The number of ether oxygens (including phenoxy) is 2. The van der Waals surface area contributed by atoms with Gasteiger partial charge in [0.1, 0.15) is 5.75 Å². The van der Waals surface area contributed by atoms with Gasteiger partial charge in [0.25, 0.3) is 15.9 Å². The Balaban J connectivity index is 1.64. The van der Waals surface area contributed by atoms with Crippen molar-refractivity contribution < 1.29 is 27.5 Å². The van der Waals surface area contributed by atoms with Crippen molar-refractivity contribution >= 4 is 27.6 Å². The lowest BCUT2D eigenvalue weighted by Gasteiger charge is -2.24. The van der Waals surface area contributed by atoms with Crippen LogP contribution in [0.2, 0.25) is 0 Å². The molecule has 1 amide bonds. The molecular weight excluding hydrogens is 432 g/mol. The second kappa shape index (κ2) is 10.5. The molecule has 9 heteroatoms. The average Bonchev–Trinajstić information content (AvgIpc) is 2.79. The quantitative estimate of drug-likeness (QED) is 0.584. The van der Waals surface area contributed by atoms with Gasteiger partial charge < -0.3 is 14.8 Å². The van der Waals surface area contributed by atoms with Crippen LogP contribution in [0.1, 0.15) is 49.4 Å². The van der Waals surface area contributed by atoms with Gasteiger partial charge in [-0.1, -0.05) is 31.4 Å². The molecule has 2 aromatic carbocycles. The molecule has 1 aliphatic rings. The van der Waals surface area contributed by atoms with Gasteiger partial charge in [-0.3, -0.25) is 9.52 Å². The van der Waals surface area contributed by atoms with E-state index in [4.69, 9.17) is 9.47 Å². The normalized spacial score (nSPS) is 15.4. The van der Waals surface area contributed by atoms with Crippen molar-refractivity contribution in [2.45, 2.75) is 56.1 Å². The highest BCUT2D eigenvalue weighted by Gasteiger charge is 2.22. The molecule has 0 radical (unpaired) electrons. The monoisotopic (exact) mass is 460 g/mol. The number of methoxy groups -OCH3 is 1. The Morgan fingerprint density at radius 2 is 1.66 bits per heavy atom. The molecular formula is C23H28N2O6S. The molecule has 3 rings (SSSR count). The van der Waals surface area contributed by atoms with Crippen LogP contribution in [0, 0.1) is 0 Å². The van der Waals surface area contributed by atoms with Gasteiger partial charge in [0.2, 0.25) is 0 Å². The van der Waals surface area contributed by atoms with Crippen molar-refractivity contribution in [3.8, 4) is 5.75 Å². The van der Waals surface area contributed by atoms with Gasteiger partial charge in [0.15, 0.2) is 6.10 Å². The van der Waals surface area contributed by atoms with Gasteiger partial charge >= 0.3 is 5.97 Å². The van der Waals surface area contributed by atoms with Crippen molar-refractivity contribution in [2.24, 2.45) is 0 Å². The maximum absolute atomic E-state index is 12.8. The summed E-state index contributed by atoms with van der Waals surface area (Å²) in [5.74, 6) is -0.451. The Morgan fingerprint density at radius 1 is 1.00 bits per heavy atom. The second-order valence-corrected chi connectivity index (χ2v) is 9.40. The van der Waals surface area contributed by atoms with Crippen molar-refractivity contribution in [1.29, 1.82) is 0 Å². The first-order valence-electron chi connectivity index (χ1n) is 10.6. The summed E-state index contributed by atoms with van der Waals surface area (Å²) in [5.41, 5.74) is 0.226. The fourth-order valence-electron chi connectivity index (χ4n) is 3.58. The minimum absolute atomic E-state index is 0.0103. The van der Waals surface area contributed by atoms with Crippen molar-refractivity contribution in [2.75, 3.05) is 11.8 Å². The van der Waals surface area contributed by atoms with E-state index in [9.17, 15) is 18.0 Å². The van der Waals surface area contributed by atoms with Crippen LogP contribution in [-0.2, 0) is 19.6 Å². The van der Waals surface area contributed by atoms with Crippen LogP contribution in [0.3, 0.4) is 0 Å². The SMILES string of the molecule is COC(=O)c1ccccc1NS(=O)(=O)c1ccc(O[C@H](C)C(=O)NC2CCCCC2)cc1. The third-order valence-corrected chi connectivity index (χ3v) is 6.73. The lowest BCUT2D eigenvalue weighted by atomic mass is 9.95. The van der Waals surface area contributed by atoms with E-state index in [0.717, 1.165) is 25.7 Å². The molecule has 0 saturated heterocycles. The fraction of sp³-hybridized carbons (Fsp3) is 0.391. The Kier molecular flexibility index (Phi) is 7.74. The van der Waals surface area contributed by atoms with Crippen LogP contribution in [0.5, 0.6) is 5.75 Å². The van der Waals surface area contributed by atoms with E-state index in [1.807, 2.05) is 0 Å². The number of sulfonamides is 1. The highest BCUT2D eigenvalue weighted by molar-refractivity contribution is 7.92. The predicted octanol–water partition coefficient (Wildman–Crippen LogP) is 3.49. The number of hydrogen-bond acceptors (Lipinski definition) is 6. The number of amides is 1. The minimum Gasteiger partial charge on any atom is -0.481 e. The molecule has 1 saturated carbocycles. The van der Waals surface area contributed by atoms with Gasteiger partial charge in [-0.2, -0.15) is 0 Å². The number of carbonyl (C=O) groups is 2. The molecule has 0 aliphatic heterocycles.